The predicted octanol–water partition coefficient (Wildman–Crippen LogP) is 1.49. The molecule has 0 N–H and O–H groups in total. The van der Waals surface area contributed by atoms with Gasteiger partial charge in [-0.25, -0.2) is 4.68 Å². The van der Waals surface area contributed by atoms with Crippen molar-refractivity contribution in [3.8, 4) is 11.4 Å². The average Bonchev–Trinajstić information content (AvgIpc) is 3.15. The molecule has 0 aliphatic heterocycles. The highest BCUT2D eigenvalue weighted by Crippen LogP contribution is 2.31. The Hall–Kier alpha value is -2.85. The molecule has 0 amide bonds. The van der Waals surface area contributed by atoms with Crippen LogP contribution in [0, 0.1) is 0 Å². The van der Waals surface area contributed by atoms with Gasteiger partial charge in [0.1, 0.15) is 6.04 Å². The number of alkyl halides is 3. The number of tetrazole rings is 2. The van der Waals surface area contributed by atoms with Crippen LogP contribution in [0.15, 0.2) is 24.3 Å². The van der Waals surface area contributed by atoms with Crippen LogP contribution in [-0.4, -0.2) is 40.4 Å². The molecule has 1 aromatic carbocycles. The van der Waals surface area contributed by atoms with Gasteiger partial charge >= 0.3 is 6.18 Å². The van der Waals surface area contributed by atoms with Gasteiger partial charge in [-0.15, -0.1) is 15.3 Å². The van der Waals surface area contributed by atoms with Gasteiger partial charge in [0.05, 0.1) is 5.56 Å². The normalized spacial score (nSPS) is 13.3. The van der Waals surface area contributed by atoms with Crippen molar-refractivity contribution in [3.63, 3.8) is 0 Å². The Kier molecular flexibility index (Phi) is 3.54. The highest BCUT2D eigenvalue weighted by atomic mass is 19.4. The Balaban J connectivity index is 1.92. The summed E-state index contributed by atoms with van der Waals surface area (Å²) < 4.78 is 39.7. The van der Waals surface area contributed by atoms with Crippen molar-refractivity contribution in [2.75, 3.05) is 0 Å². The van der Waals surface area contributed by atoms with Crippen molar-refractivity contribution in [1.29, 1.82) is 0 Å². The molecule has 0 aliphatic rings. The summed E-state index contributed by atoms with van der Waals surface area (Å²) in [4.78, 5) is 1.25. The second-order valence-electron chi connectivity index (χ2n) is 4.85. The molecule has 3 aromatic rings. The molecule has 0 radical (unpaired) electrons. The lowest BCUT2D eigenvalue weighted by Crippen LogP contribution is -2.15. The summed E-state index contributed by atoms with van der Waals surface area (Å²) in [5.74, 6) is 0.594. The number of hydrogen-bond acceptors (Lipinski definition) is 6. The van der Waals surface area contributed by atoms with Crippen LogP contribution in [-0.2, 0) is 13.2 Å². The molecule has 1 atom stereocenters. The SMILES string of the molecule is CC(c1nnnn1C)n1nnc(-c2cccc(C(F)(F)F)c2)n1. The Bertz CT molecular complexity index is 822. The molecule has 0 saturated carbocycles. The van der Waals surface area contributed by atoms with Crippen LogP contribution in [0.1, 0.15) is 24.4 Å². The molecule has 3 rings (SSSR count). The lowest BCUT2D eigenvalue weighted by atomic mass is 10.1. The van der Waals surface area contributed by atoms with Crippen LogP contribution in [0.25, 0.3) is 11.4 Å². The Labute approximate surface area is 127 Å². The molecule has 0 aliphatic carbocycles. The van der Waals surface area contributed by atoms with Crippen LogP contribution in [0.3, 0.4) is 0 Å². The highest BCUT2D eigenvalue weighted by Gasteiger charge is 2.30. The average molecular weight is 324 g/mol. The minimum Gasteiger partial charge on any atom is -0.231 e. The number of aromatic nitrogens is 8. The second-order valence-corrected chi connectivity index (χ2v) is 4.85. The number of hydrogen-bond donors (Lipinski definition) is 0. The van der Waals surface area contributed by atoms with Crippen LogP contribution in [0.4, 0.5) is 13.2 Å². The van der Waals surface area contributed by atoms with Crippen molar-refractivity contribution < 1.29 is 13.2 Å². The lowest BCUT2D eigenvalue weighted by molar-refractivity contribution is -0.137. The van der Waals surface area contributed by atoms with E-state index in [2.05, 4.69) is 30.9 Å². The largest absolute Gasteiger partial charge is 0.416 e. The molecular weight excluding hydrogens is 313 g/mol. The summed E-state index contributed by atoms with van der Waals surface area (Å²) in [6.45, 7) is 1.75. The molecule has 0 spiro atoms. The van der Waals surface area contributed by atoms with Crippen molar-refractivity contribution in [3.05, 3.63) is 35.7 Å². The monoisotopic (exact) mass is 324 g/mol. The van der Waals surface area contributed by atoms with E-state index in [0.29, 0.717) is 5.82 Å². The zero-order chi connectivity index (χ0) is 16.6. The minimum atomic E-state index is -4.43. The van der Waals surface area contributed by atoms with Crippen molar-refractivity contribution >= 4 is 0 Å². The third-order valence-corrected chi connectivity index (χ3v) is 3.25. The maximum absolute atomic E-state index is 12.8. The number of rotatable bonds is 3. The topological polar surface area (TPSA) is 87.2 Å². The van der Waals surface area contributed by atoms with E-state index >= 15 is 0 Å². The van der Waals surface area contributed by atoms with Crippen molar-refractivity contribution in [2.45, 2.75) is 19.1 Å². The van der Waals surface area contributed by atoms with Gasteiger partial charge in [0.2, 0.25) is 5.82 Å². The maximum atomic E-state index is 12.8. The summed E-state index contributed by atoms with van der Waals surface area (Å²) in [6, 6.07) is 4.35. The Morgan fingerprint density at radius 2 is 1.91 bits per heavy atom. The van der Waals surface area contributed by atoms with Gasteiger partial charge in [0, 0.05) is 12.6 Å². The quantitative estimate of drug-likeness (QED) is 0.725. The zero-order valence-electron chi connectivity index (χ0n) is 12.1. The van der Waals surface area contributed by atoms with Gasteiger partial charge in [-0.3, -0.25) is 0 Å². The fourth-order valence-electron chi connectivity index (χ4n) is 2.03. The minimum absolute atomic E-state index is 0.0954. The third kappa shape index (κ3) is 2.89. The van der Waals surface area contributed by atoms with E-state index in [1.165, 1.54) is 21.6 Å². The highest BCUT2D eigenvalue weighted by molar-refractivity contribution is 5.55. The molecular formula is C12H11F3N8. The molecule has 23 heavy (non-hydrogen) atoms. The number of aryl methyl sites for hydroxylation is 1. The molecule has 2 heterocycles. The van der Waals surface area contributed by atoms with Crippen molar-refractivity contribution in [1.82, 2.24) is 40.4 Å². The molecule has 8 nitrogen and oxygen atoms in total. The maximum Gasteiger partial charge on any atom is 0.416 e. The first-order chi connectivity index (χ1) is 10.9. The fraction of sp³-hybridized carbons (Fsp3) is 0.333. The standard InChI is InChI=1S/C12H11F3N8/c1-7(11-17-19-21-22(11)2)23-18-10(16-20-23)8-4-3-5-9(6-8)12(13,14)15/h3-7H,1-2H3. The molecule has 120 valence electrons. The molecule has 1 unspecified atom stereocenters. The lowest BCUT2D eigenvalue weighted by Gasteiger charge is -2.07. The van der Waals surface area contributed by atoms with Gasteiger partial charge in [-0.2, -0.15) is 18.0 Å². The van der Waals surface area contributed by atoms with Gasteiger partial charge in [0.25, 0.3) is 0 Å². The number of halogens is 3. The molecule has 0 fully saturated rings. The first kappa shape index (κ1) is 15.1. The van der Waals surface area contributed by atoms with E-state index in [1.807, 2.05) is 0 Å². The zero-order valence-corrected chi connectivity index (χ0v) is 12.1. The Morgan fingerprint density at radius 1 is 1.13 bits per heavy atom. The number of nitrogens with zero attached hydrogens (tertiary/aromatic N) is 8. The second kappa shape index (κ2) is 5.41. The Morgan fingerprint density at radius 3 is 2.57 bits per heavy atom. The smallest absolute Gasteiger partial charge is 0.231 e. The molecule has 2 aromatic heterocycles. The van der Waals surface area contributed by atoms with Crippen molar-refractivity contribution in [2.24, 2.45) is 7.05 Å². The van der Waals surface area contributed by atoms with Gasteiger partial charge in [-0.05, 0) is 34.7 Å². The van der Waals surface area contributed by atoms with Gasteiger partial charge < -0.3 is 0 Å². The van der Waals surface area contributed by atoms with E-state index in [1.54, 1.807) is 14.0 Å². The number of benzene rings is 1. The van der Waals surface area contributed by atoms with Gasteiger partial charge in [-0.1, -0.05) is 12.1 Å². The van der Waals surface area contributed by atoms with Gasteiger partial charge in [0.15, 0.2) is 5.82 Å². The summed E-state index contributed by atoms with van der Waals surface area (Å²) in [5, 5.41) is 22.9. The molecule has 0 bridgehead atoms. The molecule has 11 heteroatoms. The molecule has 0 saturated heterocycles. The van der Waals surface area contributed by atoms with Crippen LogP contribution < -0.4 is 0 Å². The fourth-order valence-corrected chi connectivity index (χ4v) is 2.03. The summed E-state index contributed by atoms with van der Waals surface area (Å²) >= 11 is 0. The summed E-state index contributed by atoms with van der Waals surface area (Å²) in [6.07, 6.45) is -4.43. The first-order valence-corrected chi connectivity index (χ1v) is 6.55. The first-order valence-electron chi connectivity index (χ1n) is 6.55. The van der Waals surface area contributed by atoms with E-state index in [-0.39, 0.29) is 11.4 Å². The summed E-state index contributed by atoms with van der Waals surface area (Å²) in [7, 11) is 1.66. The summed E-state index contributed by atoms with van der Waals surface area (Å²) in [5.41, 5.74) is -0.536. The predicted molar refractivity (Wildman–Crippen MR) is 70.9 cm³/mol. The van der Waals surface area contributed by atoms with E-state index in [0.717, 1.165) is 12.1 Å². The van der Waals surface area contributed by atoms with E-state index in [4.69, 9.17) is 0 Å². The van der Waals surface area contributed by atoms with E-state index < -0.39 is 17.8 Å². The van der Waals surface area contributed by atoms with Crippen LogP contribution in [0.5, 0.6) is 0 Å². The van der Waals surface area contributed by atoms with Crippen LogP contribution >= 0.6 is 0 Å². The van der Waals surface area contributed by atoms with E-state index in [9.17, 15) is 13.2 Å². The van der Waals surface area contributed by atoms with Crippen LogP contribution in [0.2, 0.25) is 0 Å². The third-order valence-electron chi connectivity index (χ3n) is 3.25.